The minimum atomic E-state index is 0.00526. The molecule has 1 heterocycles. The van der Waals surface area contributed by atoms with Gasteiger partial charge in [0.25, 0.3) is 0 Å². The van der Waals surface area contributed by atoms with Gasteiger partial charge in [0.15, 0.2) is 0 Å². The molecule has 0 amide bonds. The molecule has 0 aromatic carbocycles. The summed E-state index contributed by atoms with van der Waals surface area (Å²) in [6, 6.07) is 0.249. The van der Waals surface area contributed by atoms with Gasteiger partial charge in [0, 0.05) is 23.7 Å². The maximum Gasteiger partial charge on any atom is 0.304 e. The van der Waals surface area contributed by atoms with Crippen molar-refractivity contribution in [2.24, 2.45) is 11.7 Å². The van der Waals surface area contributed by atoms with Crippen molar-refractivity contribution in [3.05, 3.63) is 20.7 Å². The van der Waals surface area contributed by atoms with Crippen LogP contribution in [0.5, 0.6) is 0 Å². The van der Waals surface area contributed by atoms with Crippen molar-refractivity contribution >= 4 is 11.3 Å². The van der Waals surface area contributed by atoms with Crippen molar-refractivity contribution in [3.8, 4) is 0 Å². The Morgan fingerprint density at radius 2 is 2.33 bits per heavy atom. The summed E-state index contributed by atoms with van der Waals surface area (Å²) in [6.45, 7) is 5.85. The van der Waals surface area contributed by atoms with Crippen LogP contribution in [-0.2, 0) is 6.54 Å². The van der Waals surface area contributed by atoms with Crippen molar-refractivity contribution in [1.29, 1.82) is 0 Å². The van der Waals surface area contributed by atoms with E-state index >= 15 is 0 Å². The van der Waals surface area contributed by atoms with Crippen molar-refractivity contribution in [2.75, 3.05) is 6.54 Å². The highest BCUT2D eigenvalue weighted by Gasteiger charge is 2.06. The minimum Gasteiger partial charge on any atom is -0.327 e. The molecule has 0 bridgehead atoms. The largest absolute Gasteiger partial charge is 0.327 e. The van der Waals surface area contributed by atoms with Crippen LogP contribution < -0.4 is 15.9 Å². The lowest BCUT2D eigenvalue weighted by atomic mass is 10.0. The summed E-state index contributed by atoms with van der Waals surface area (Å²) in [4.78, 5) is 13.6. The molecule has 1 aromatic rings. The van der Waals surface area contributed by atoms with Crippen LogP contribution in [0.15, 0.2) is 10.2 Å². The van der Waals surface area contributed by atoms with Crippen LogP contribution >= 0.6 is 11.3 Å². The zero-order valence-electron chi connectivity index (χ0n) is 9.25. The number of thiazole rings is 1. The van der Waals surface area contributed by atoms with E-state index in [1.807, 2.05) is 5.38 Å². The van der Waals surface area contributed by atoms with Crippen molar-refractivity contribution in [2.45, 2.75) is 32.9 Å². The smallest absolute Gasteiger partial charge is 0.304 e. The van der Waals surface area contributed by atoms with E-state index in [4.69, 9.17) is 5.73 Å². The number of nitrogens with two attached hydrogens (primary N) is 1. The molecule has 0 aliphatic rings. The highest BCUT2D eigenvalue weighted by molar-refractivity contribution is 7.07. The second-order valence-corrected chi connectivity index (χ2v) is 4.89. The van der Waals surface area contributed by atoms with Gasteiger partial charge in [-0.2, -0.15) is 0 Å². The molecule has 4 N–H and O–H groups in total. The van der Waals surface area contributed by atoms with E-state index in [1.165, 1.54) is 11.3 Å². The van der Waals surface area contributed by atoms with Gasteiger partial charge in [0.2, 0.25) is 0 Å². The summed E-state index contributed by atoms with van der Waals surface area (Å²) in [6.07, 6.45) is 0.964. The highest BCUT2D eigenvalue weighted by Crippen LogP contribution is 2.01. The molecular weight excluding hydrogens is 210 g/mol. The fraction of sp³-hybridized carbons (Fsp3) is 0.700. The maximum absolute atomic E-state index is 10.8. The van der Waals surface area contributed by atoms with Crippen LogP contribution in [0.2, 0.25) is 0 Å². The number of hydrogen-bond acceptors (Lipinski definition) is 4. The highest BCUT2D eigenvalue weighted by atomic mass is 32.1. The lowest BCUT2D eigenvalue weighted by Crippen LogP contribution is -2.30. The molecular formula is C10H19N3OS. The summed E-state index contributed by atoms with van der Waals surface area (Å²) < 4.78 is 0. The fourth-order valence-corrected chi connectivity index (χ4v) is 1.81. The Balaban J connectivity index is 2.14. The molecule has 4 nitrogen and oxygen atoms in total. The Hall–Kier alpha value is -0.650. The van der Waals surface area contributed by atoms with E-state index < -0.39 is 0 Å². The van der Waals surface area contributed by atoms with Gasteiger partial charge < -0.3 is 16.0 Å². The molecule has 1 aromatic heterocycles. The third-order valence-corrected chi connectivity index (χ3v) is 3.12. The zero-order chi connectivity index (χ0) is 11.3. The molecule has 15 heavy (non-hydrogen) atoms. The maximum atomic E-state index is 10.8. The molecule has 0 aliphatic carbocycles. The summed E-state index contributed by atoms with van der Waals surface area (Å²) in [5.41, 5.74) is 6.85. The number of aromatic nitrogens is 1. The summed E-state index contributed by atoms with van der Waals surface area (Å²) in [5.74, 6) is 0.521. The van der Waals surface area contributed by atoms with Gasteiger partial charge in [-0.1, -0.05) is 25.2 Å². The summed E-state index contributed by atoms with van der Waals surface area (Å²) >= 11 is 1.20. The first-order chi connectivity index (χ1) is 7.09. The van der Waals surface area contributed by atoms with Gasteiger partial charge in [-0.15, -0.1) is 0 Å². The number of nitrogens with one attached hydrogen (secondary N) is 2. The second kappa shape index (κ2) is 6.05. The van der Waals surface area contributed by atoms with E-state index in [0.717, 1.165) is 18.7 Å². The first-order valence-electron chi connectivity index (χ1n) is 5.22. The lowest BCUT2D eigenvalue weighted by molar-refractivity contribution is 0.449. The van der Waals surface area contributed by atoms with Gasteiger partial charge in [-0.25, -0.2) is 0 Å². The lowest BCUT2D eigenvalue weighted by Gasteiger charge is -2.15. The second-order valence-electron chi connectivity index (χ2n) is 4.05. The van der Waals surface area contributed by atoms with Crippen LogP contribution in [0, 0.1) is 5.92 Å². The van der Waals surface area contributed by atoms with E-state index in [0.29, 0.717) is 12.5 Å². The van der Waals surface area contributed by atoms with Crippen LogP contribution in [0.1, 0.15) is 26.0 Å². The third kappa shape index (κ3) is 4.59. The van der Waals surface area contributed by atoms with Gasteiger partial charge in [-0.05, 0) is 18.9 Å². The number of rotatable bonds is 6. The summed E-state index contributed by atoms with van der Waals surface area (Å²) in [7, 11) is 0. The average Bonchev–Trinajstić information content (AvgIpc) is 2.58. The minimum absolute atomic E-state index is 0.00526. The molecule has 1 rings (SSSR count). The molecule has 0 aliphatic heterocycles. The Kier molecular flexibility index (Phi) is 5.01. The number of hydrogen-bond donors (Lipinski definition) is 3. The Labute approximate surface area is 93.9 Å². The van der Waals surface area contributed by atoms with E-state index in [1.54, 1.807) is 0 Å². The summed E-state index contributed by atoms with van der Waals surface area (Å²) in [5, 5.41) is 5.10. The van der Waals surface area contributed by atoms with Crippen molar-refractivity contribution in [1.82, 2.24) is 10.3 Å². The van der Waals surface area contributed by atoms with Crippen molar-refractivity contribution in [3.63, 3.8) is 0 Å². The molecule has 0 saturated heterocycles. The van der Waals surface area contributed by atoms with Gasteiger partial charge in [0.05, 0.1) is 0 Å². The molecule has 0 saturated carbocycles. The normalized spacial score (nSPS) is 13.3. The molecule has 5 heteroatoms. The van der Waals surface area contributed by atoms with Crippen molar-refractivity contribution < 1.29 is 0 Å². The fourth-order valence-electron chi connectivity index (χ4n) is 1.23. The molecule has 0 radical (unpaired) electrons. The SMILES string of the molecule is CC(C)C(N)CCNCc1csc(=O)[nH]1. The average molecular weight is 229 g/mol. The first-order valence-corrected chi connectivity index (χ1v) is 6.10. The quantitative estimate of drug-likeness (QED) is 0.635. The van der Waals surface area contributed by atoms with Gasteiger partial charge in [0.1, 0.15) is 0 Å². The number of H-pyrrole nitrogens is 1. The molecule has 86 valence electrons. The predicted octanol–water partition coefficient (Wildman–Crippen LogP) is 0.899. The molecule has 0 spiro atoms. The first kappa shape index (κ1) is 12.4. The molecule has 1 unspecified atom stereocenters. The van der Waals surface area contributed by atoms with Crippen LogP contribution in [0.3, 0.4) is 0 Å². The monoisotopic (exact) mass is 229 g/mol. The predicted molar refractivity (Wildman–Crippen MR) is 64.1 cm³/mol. The topological polar surface area (TPSA) is 70.9 Å². The zero-order valence-corrected chi connectivity index (χ0v) is 10.1. The van der Waals surface area contributed by atoms with E-state index in [-0.39, 0.29) is 10.9 Å². The van der Waals surface area contributed by atoms with Crippen LogP contribution in [-0.4, -0.2) is 17.6 Å². The van der Waals surface area contributed by atoms with E-state index in [2.05, 4.69) is 24.1 Å². The number of aromatic amines is 1. The Morgan fingerprint density at radius 3 is 2.87 bits per heavy atom. The Bertz CT molecular complexity index is 331. The Morgan fingerprint density at radius 1 is 1.60 bits per heavy atom. The van der Waals surface area contributed by atoms with Crippen LogP contribution in [0.25, 0.3) is 0 Å². The standard InChI is InChI=1S/C10H19N3OS/c1-7(2)9(11)3-4-12-5-8-6-15-10(14)13-8/h6-7,9,12H,3-5,11H2,1-2H3,(H,13,14). The molecule has 1 atom stereocenters. The molecule has 0 fully saturated rings. The van der Waals surface area contributed by atoms with Crippen LogP contribution in [0.4, 0.5) is 0 Å². The van der Waals surface area contributed by atoms with Gasteiger partial charge >= 0.3 is 4.87 Å². The third-order valence-electron chi connectivity index (χ3n) is 2.40. The van der Waals surface area contributed by atoms with E-state index in [9.17, 15) is 4.79 Å². The van der Waals surface area contributed by atoms with Gasteiger partial charge in [-0.3, -0.25) is 4.79 Å².